The Bertz CT molecular complexity index is 269. The Balaban J connectivity index is 2.75. The maximum Gasteiger partial charge on any atom is 0.326 e. The molecular weight excluding hydrogens is 200 g/mol. The largest absolute Gasteiger partial charge is 0.480 e. The van der Waals surface area contributed by atoms with Crippen molar-refractivity contribution in [1.82, 2.24) is 9.80 Å². The molecule has 1 unspecified atom stereocenters. The van der Waals surface area contributed by atoms with Gasteiger partial charge in [-0.3, -0.25) is 0 Å². The molecule has 1 fully saturated rings. The monoisotopic (exact) mass is 216 g/mol. The molecule has 6 heteroatoms. The van der Waals surface area contributed by atoms with Gasteiger partial charge in [-0.1, -0.05) is 0 Å². The highest BCUT2D eigenvalue weighted by Gasteiger charge is 2.39. The van der Waals surface area contributed by atoms with E-state index in [4.69, 9.17) is 5.11 Å². The Morgan fingerprint density at radius 2 is 2.13 bits per heavy atom. The average Bonchev–Trinajstić information content (AvgIpc) is 2.58. The van der Waals surface area contributed by atoms with Gasteiger partial charge in [-0.05, 0) is 6.92 Å². The highest BCUT2D eigenvalue weighted by Crippen LogP contribution is 2.19. The van der Waals surface area contributed by atoms with Crippen LogP contribution in [0.25, 0.3) is 0 Å². The molecule has 0 aliphatic carbocycles. The molecule has 1 aliphatic rings. The summed E-state index contributed by atoms with van der Waals surface area (Å²) in [5, 5.41) is 18.2. The number of aliphatic hydroxyl groups is 1. The smallest absolute Gasteiger partial charge is 0.326 e. The number of β-amino-alcohol motifs (C(OH)–C–C–N with tert-alkyl or cyclic N) is 1. The second kappa shape index (κ2) is 4.48. The third-order valence-corrected chi connectivity index (χ3v) is 2.61. The Kier molecular flexibility index (Phi) is 3.52. The second-order valence-corrected chi connectivity index (χ2v) is 3.69. The van der Waals surface area contributed by atoms with Crippen LogP contribution in [0.4, 0.5) is 4.79 Å². The summed E-state index contributed by atoms with van der Waals surface area (Å²) in [6.07, 6.45) is -0.626. The van der Waals surface area contributed by atoms with Crippen molar-refractivity contribution in [1.29, 1.82) is 0 Å². The zero-order valence-electron chi connectivity index (χ0n) is 8.88. The summed E-state index contributed by atoms with van der Waals surface area (Å²) in [5.41, 5.74) is 0. The molecule has 86 valence electrons. The van der Waals surface area contributed by atoms with Crippen molar-refractivity contribution in [2.45, 2.75) is 25.5 Å². The van der Waals surface area contributed by atoms with Crippen LogP contribution >= 0.6 is 0 Å². The summed E-state index contributed by atoms with van der Waals surface area (Å²) in [7, 11) is 1.60. The maximum absolute atomic E-state index is 11.7. The highest BCUT2D eigenvalue weighted by atomic mass is 16.4. The SMILES string of the molecule is CCN(C)C(=O)N1CC(O)C[C@H]1C(=O)O. The van der Waals surface area contributed by atoms with E-state index >= 15 is 0 Å². The minimum atomic E-state index is -1.07. The van der Waals surface area contributed by atoms with Crippen LogP contribution in [-0.2, 0) is 4.79 Å². The standard InChI is InChI=1S/C9H16N2O4/c1-3-10(2)9(15)11-5-6(12)4-7(11)8(13)14/h6-7,12H,3-5H2,1-2H3,(H,13,14)/t6?,7-/m0/s1. The van der Waals surface area contributed by atoms with Crippen molar-refractivity contribution >= 4 is 12.0 Å². The van der Waals surface area contributed by atoms with Crippen LogP contribution in [0.3, 0.4) is 0 Å². The van der Waals surface area contributed by atoms with Crippen LogP contribution in [0.2, 0.25) is 0 Å². The fourth-order valence-electron chi connectivity index (χ4n) is 1.61. The lowest BCUT2D eigenvalue weighted by Gasteiger charge is -2.26. The quantitative estimate of drug-likeness (QED) is 0.656. The first-order chi connectivity index (χ1) is 6.97. The number of hydrogen-bond donors (Lipinski definition) is 2. The summed E-state index contributed by atoms with van der Waals surface area (Å²) in [5.74, 6) is -1.07. The van der Waals surface area contributed by atoms with Crippen LogP contribution in [0.15, 0.2) is 0 Å². The Morgan fingerprint density at radius 1 is 1.53 bits per heavy atom. The summed E-state index contributed by atoms with van der Waals surface area (Å²) >= 11 is 0. The van der Waals surface area contributed by atoms with Gasteiger partial charge in [0.1, 0.15) is 6.04 Å². The fourth-order valence-corrected chi connectivity index (χ4v) is 1.61. The lowest BCUT2D eigenvalue weighted by atomic mass is 10.2. The van der Waals surface area contributed by atoms with E-state index in [1.165, 1.54) is 9.80 Å². The number of nitrogens with zero attached hydrogens (tertiary/aromatic N) is 2. The zero-order chi connectivity index (χ0) is 11.6. The van der Waals surface area contributed by atoms with Crippen molar-refractivity contribution in [2.24, 2.45) is 0 Å². The number of likely N-dealkylation sites (tertiary alicyclic amines) is 1. The fraction of sp³-hybridized carbons (Fsp3) is 0.778. The number of amides is 2. The van der Waals surface area contributed by atoms with Gasteiger partial charge in [0.25, 0.3) is 0 Å². The second-order valence-electron chi connectivity index (χ2n) is 3.69. The molecular formula is C9H16N2O4. The molecule has 0 aromatic carbocycles. The number of carboxylic acid groups (broad SMARTS) is 1. The third kappa shape index (κ3) is 2.38. The summed E-state index contributed by atoms with van der Waals surface area (Å²) < 4.78 is 0. The minimum absolute atomic E-state index is 0.0974. The first kappa shape index (κ1) is 11.8. The first-order valence-corrected chi connectivity index (χ1v) is 4.90. The molecule has 1 rings (SSSR count). The first-order valence-electron chi connectivity index (χ1n) is 4.90. The van der Waals surface area contributed by atoms with Crippen molar-refractivity contribution in [3.63, 3.8) is 0 Å². The van der Waals surface area contributed by atoms with Gasteiger partial charge in [0.2, 0.25) is 0 Å². The summed E-state index contributed by atoms with van der Waals surface area (Å²) in [6.45, 7) is 2.41. The molecule has 1 heterocycles. The number of rotatable bonds is 2. The van der Waals surface area contributed by atoms with E-state index in [1.54, 1.807) is 14.0 Å². The topological polar surface area (TPSA) is 81.1 Å². The van der Waals surface area contributed by atoms with E-state index in [0.29, 0.717) is 6.54 Å². The van der Waals surface area contributed by atoms with Crippen molar-refractivity contribution in [2.75, 3.05) is 20.1 Å². The third-order valence-electron chi connectivity index (χ3n) is 2.61. The molecule has 0 aromatic heterocycles. The highest BCUT2D eigenvalue weighted by molar-refractivity contribution is 5.83. The molecule has 0 spiro atoms. The molecule has 6 nitrogen and oxygen atoms in total. The molecule has 2 N–H and O–H groups in total. The van der Waals surface area contributed by atoms with Gasteiger partial charge in [0.15, 0.2) is 0 Å². The van der Waals surface area contributed by atoms with Crippen LogP contribution < -0.4 is 0 Å². The Labute approximate surface area is 88.1 Å². The van der Waals surface area contributed by atoms with Crippen LogP contribution in [0.5, 0.6) is 0 Å². The molecule has 0 radical (unpaired) electrons. The molecule has 2 amide bonds. The van der Waals surface area contributed by atoms with E-state index in [1.807, 2.05) is 0 Å². The number of aliphatic carboxylic acids is 1. The van der Waals surface area contributed by atoms with Gasteiger partial charge in [-0.15, -0.1) is 0 Å². The molecule has 0 aromatic rings. The van der Waals surface area contributed by atoms with Crippen LogP contribution in [-0.4, -0.2) is 64.3 Å². The Morgan fingerprint density at radius 3 is 2.60 bits per heavy atom. The number of carboxylic acids is 1. The summed E-state index contributed by atoms with van der Waals surface area (Å²) in [6, 6.07) is -1.25. The van der Waals surface area contributed by atoms with Gasteiger partial charge in [-0.25, -0.2) is 9.59 Å². The number of carbonyl (C=O) groups is 2. The van der Waals surface area contributed by atoms with Gasteiger partial charge in [0.05, 0.1) is 6.10 Å². The summed E-state index contributed by atoms with van der Waals surface area (Å²) in [4.78, 5) is 25.2. The lowest BCUT2D eigenvalue weighted by molar-refractivity contribution is -0.141. The van der Waals surface area contributed by atoms with Crippen LogP contribution in [0, 0.1) is 0 Å². The van der Waals surface area contributed by atoms with Crippen molar-refractivity contribution in [3.8, 4) is 0 Å². The normalized spacial score (nSPS) is 25.4. The minimum Gasteiger partial charge on any atom is -0.480 e. The van der Waals surface area contributed by atoms with Gasteiger partial charge < -0.3 is 20.0 Å². The average molecular weight is 216 g/mol. The number of aliphatic hydroxyl groups excluding tert-OH is 1. The predicted molar refractivity (Wildman–Crippen MR) is 52.5 cm³/mol. The van der Waals surface area contributed by atoms with E-state index in [0.717, 1.165) is 0 Å². The van der Waals surface area contributed by atoms with Crippen molar-refractivity contribution in [3.05, 3.63) is 0 Å². The number of carbonyl (C=O) groups excluding carboxylic acids is 1. The lowest BCUT2D eigenvalue weighted by Crippen LogP contribution is -2.46. The maximum atomic E-state index is 11.7. The number of urea groups is 1. The van der Waals surface area contributed by atoms with E-state index < -0.39 is 18.1 Å². The van der Waals surface area contributed by atoms with Crippen LogP contribution in [0.1, 0.15) is 13.3 Å². The number of hydrogen-bond acceptors (Lipinski definition) is 3. The van der Waals surface area contributed by atoms with Gasteiger partial charge in [0, 0.05) is 26.6 Å². The van der Waals surface area contributed by atoms with Crippen molar-refractivity contribution < 1.29 is 19.8 Å². The van der Waals surface area contributed by atoms with E-state index in [-0.39, 0.29) is 19.0 Å². The Hall–Kier alpha value is -1.30. The molecule has 1 saturated heterocycles. The molecule has 0 saturated carbocycles. The van der Waals surface area contributed by atoms with Gasteiger partial charge in [-0.2, -0.15) is 0 Å². The molecule has 0 bridgehead atoms. The molecule has 15 heavy (non-hydrogen) atoms. The predicted octanol–water partition coefficient (Wildman–Crippen LogP) is -0.422. The van der Waals surface area contributed by atoms with Gasteiger partial charge >= 0.3 is 12.0 Å². The zero-order valence-corrected chi connectivity index (χ0v) is 8.88. The van der Waals surface area contributed by atoms with E-state index in [2.05, 4.69) is 0 Å². The van der Waals surface area contributed by atoms with E-state index in [9.17, 15) is 14.7 Å². The molecule has 1 aliphatic heterocycles. The molecule has 2 atom stereocenters.